The lowest BCUT2D eigenvalue weighted by atomic mass is 10.0. The summed E-state index contributed by atoms with van der Waals surface area (Å²) in [5.41, 5.74) is 5.17. The highest BCUT2D eigenvalue weighted by Crippen LogP contribution is 2.27. The summed E-state index contributed by atoms with van der Waals surface area (Å²) in [6.45, 7) is 1.77. The Bertz CT molecular complexity index is 983. The molecule has 1 nitrogen and oxygen atoms in total. The highest BCUT2D eigenvalue weighted by molar-refractivity contribution is 5.50. The van der Waals surface area contributed by atoms with Crippen LogP contribution in [0.4, 0.5) is 0 Å². The molecular formula is C29H27N. The van der Waals surface area contributed by atoms with Crippen molar-refractivity contribution in [2.45, 2.75) is 19.1 Å². The predicted molar refractivity (Wildman–Crippen MR) is 127 cm³/mol. The zero-order chi connectivity index (χ0) is 20.4. The first kappa shape index (κ1) is 19.9. The summed E-state index contributed by atoms with van der Waals surface area (Å²) in [6, 6.07) is 43.0. The van der Waals surface area contributed by atoms with E-state index in [0.717, 1.165) is 13.1 Å². The molecule has 0 radical (unpaired) electrons. The van der Waals surface area contributed by atoms with Crippen molar-refractivity contribution in [3.63, 3.8) is 0 Å². The minimum Gasteiger partial charge on any atom is -0.284 e. The Balaban J connectivity index is 1.70. The van der Waals surface area contributed by atoms with Crippen LogP contribution in [0.3, 0.4) is 0 Å². The van der Waals surface area contributed by atoms with E-state index in [9.17, 15) is 0 Å². The molecule has 1 atom stereocenters. The van der Waals surface area contributed by atoms with E-state index in [1.165, 1.54) is 22.3 Å². The molecule has 0 saturated heterocycles. The highest BCUT2D eigenvalue weighted by Gasteiger charge is 2.18. The summed E-state index contributed by atoms with van der Waals surface area (Å²) in [4.78, 5) is 2.54. The average molecular weight is 390 g/mol. The fraction of sp³-hybridized carbons (Fsp3) is 0.103. The summed E-state index contributed by atoms with van der Waals surface area (Å²) < 4.78 is 0. The van der Waals surface area contributed by atoms with Gasteiger partial charge in [-0.15, -0.1) is 0 Å². The molecular weight excluding hydrogens is 362 g/mol. The number of hydrogen-bond acceptors (Lipinski definition) is 1. The van der Waals surface area contributed by atoms with E-state index in [4.69, 9.17) is 0 Å². The van der Waals surface area contributed by atoms with E-state index in [1.807, 2.05) is 0 Å². The van der Waals surface area contributed by atoms with Crippen LogP contribution < -0.4 is 0 Å². The van der Waals surface area contributed by atoms with Gasteiger partial charge in [0.1, 0.15) is 0 Å². The van der Waals surface area contributed by atoms with Gasteiger partial charge < -0.3 is 0 Å². The molecule has 0 aliphatic carbocycles. The van der Waals surface area contributed by atoms with E-state index >= 15 is 0 Å². The molecule has 148 valence electrons. The number of hydrogen-bond donors (Lipinski definition) is 0. The Morgan fingerprint density at radius 3 is 1.47 bits per heavy atom. The molecule has 4 rings (SSSR count). The van der Waals surface area contributed by atoms with E-state index in [1.54, 1.807) is 0 Å². The molecule has 1 heteroatoms. The molecule has 0 aliphatic heterocycles. The summed E-state index contributed by atoms with van der Waals surface area (Å²) in [5, 5.41) is 0. The van der Waals surface area contributed by atoms with Crippen LogP contribution in [0.5, 0.6) is 0 Å². The lowest BCUT2D eigenvalue weighted by molar-refractivity contribution is 0.213. The van der Waals surface area contributed by atoms with Crippen molar-refractivity contribution in [2.24, 2.45) is 0 Å². The van der Waals surface area contributed by atoms with Crippen LogP contribution in [0.15, 0.2) is 127 Å². The third kappa shape index (κ3) is 5.56. The van der Waals surface area contributed by atoms with Crippen molar-refractivity contribution in [1.82, 2.24) is 4.90 Å². The summed E-state index contributed by atoms with van der Waals surface area (Å²) in [5.74, 6) is 0. The maximum Gasteiger partial charge on any atom is 0.0541 e. The molecule has 4 aromatic rings. The standard InChI is InChI=1S/C29H27N/c1-5-13-25(14-6-1)21-22-29(28-19-11-4-12-20-28)30(23-26-15-7-2-8-16-26)24-27-17-9-3-10-18-27/h1-22,29H,23-24H2/b22-21+. The maximum absolute atomic E-state index is 2.54. The Morgan fingerprint density at radius 1 is 0.533 bits per heavy atom. The molecule has 0 bridgehead atoms. The van der Waals surface area contributed by atoms with Gasteiger partial charge in [-0.2, -0.15) is 0 Å². The van der Waals surface area contributed by atoms with Crippen LogP contribution in [-0.2, 0) is 13.1 Å². The zero-order valence-electron chi connectivity index (χ0n) is 17.1. The SMILES string of the molecule is C(=C\C(c1ccccc1)N(Cc1ccccc1)Cc1ccccc1)/c1ccccc1. The zero-order valence-corrected chi connectivity index (χ0v) is 17.1. The van der Waals surface area contributed by atoms with Gasteiger partial charge in [-0.3, -0.25) is 4.90 Å². The van der Waals surface area contributed by atoms with Gasteiger partial charge in [0.15, 0.2) is 0 Å². The van der Waals surface area contributed by atoms with Crippen LogP contribution in [0.2, 0.25) is 0 Å². The summed E-state index contributed by atoms with van der Waals surface area (Å²) in [7, 11) is 0. The molecule has 0 N–H and O–H groups in total. The van der Waals surface area contributed by atoms with Gasteiger partial charge in [-0.25, -0.2) is 0 Å². The van der Waals surface area contributed by atoms with Gasteiger partial charge in [-0.1, -0.05) is 133 Å². The average Bonchev–Trinajstić information content (AvgIpc) is 2.82. The lowest BCUT2D eigenvalue weighted by Gasteiger charge is -2.30. The highest BCUT2D eigenvalue weighted by atomic mass is 15.1. The van der Waals surface area contributed by atoms with Crippen molar-refractivity contribution < 1.29 is 0 Å². The van der Waals surface area contributed by atoms with E-state index < -0.39 is 0 Å². The second-order valence-electron chi connectivity index (χ2n) is 7.50. The molecule has 0 spiro atoms. The minimum atomic E-state index is 0.173. The summed E-state index contributed by atoms with van der Waals surface area (Å²) in [6.07, 6.45) is 4.57. The largest absolute Gasteiger partial charge is 0.284 e. The minimum absolute atomic E-state index is 0.173. The van der Waals surface area contributed by atoms with Crippen molar-refractivity contribution >= 4 is 6.08 Å². The van der Waals surface area contributed by atoms with E-state index in [-0.39, 0.29) is 6.04 Å². The van der Waals surface area contributed by atoms with Crippen molar-refractivity contribution in [2.75, 3.05) is 0 Å². The molecule has 0 fully saturated rings. The van der Waals surface area contributed by atoms with Gasteiger partial charge in [0.05, 0.1) is 6.04 Å². The molecule has 0 aromatic heterocycles. The first-order chi connectivity index (χ1) is 14.9. The summed E-state index contributed by atoms with van der Waals surface area (Å²) >= 11 is 0. The van der Waals surface area contributed by atoms with E-state index in [0.29, 0.717) is 0 Å². The Labute approximate surface area is 179 Å². The molecule has 0 saturated carbocycles. The normalized spacial score (nSPS) is 12.3. The van der Waals surface area contributed by atoms with Gasteiger partial charge in [0, 0.05) is 13.1 Å². The Kier molecular flexibility index (Phi) is 6.88. The first-order valence-corrected chi connectivity index (χ1v) is 10.5. The van der Waals surface area contributed by atoms with Crippen molar-refractivity contribution in [3.05, 3.63) is 150 Å². The predicted octanol–water partition coefficient (Wildman–Crippen LogP) is 7.14. The number of nitrogens with zero attached hydrogens (tertiary/aromatic N) is 1. The van der Waals surface area contributed by atoms with Crippen LogP contribution in [-0.4, -0.2) is 4.90 Å². The smallest absolute Gasteiger partial charge is 0.0541 e. The van der Waals surface area contributed by atoms with Gasteiger partial charge in [0.2, 0.25) is 0 Å². The fourth-order valence-electron chi connectivity index (χ4n) is 3.75. The van der Waals surface area contributed by atoms with Crippen molar-refractivity contribution in [1.29, 1.82) is 0 Å². The van der Waals surface area contributed by atoms with Gasteiger partial charge in [-0.05, 0) is 22.3 Å². The van der Waals surface area contributed by atoms with Gasteiger partial charge >= 0.3 is 0 Å². The van der Waals surface area contributed by atoms with Crippen LogP contribution >= 0.6 is 0 Å². The Hall–Kier alpha value is -3.42. The molecule has 4 aromatic carbocycles. The quantitative estimate of drug-likeness (QED) is 0.309. The topological polar surface area (TPSA) is 3.24 Å². The van der Waals surface area contributed by atoms with Crippen LogP contribution in [0, 0.1) is 0 Å². The number of rotatable bonds is 8. The van der Waals surface area contributed by atoms with Crippen LogP contribution in [0.1, 0.15) is 28.3 Å². The maximum atomic E-state index is 2.54. The first-order valence-electron chi connectivity index (χ1n) is 10.5. The monoisotopic (exact) mass is 389 g/mol. The Morgan fingerprint density at radius 2 is 0.967 bits per heavy atom. The van der Waals surface area contributed by atoms with Crippen LogP contribution in [0.25, 0.3) is 6.08 Å². The third-order valence-corrected chi connectivity index (χ3v) is 5.26. The van der Waals surface area contributed by atoms with Gasteiger partial charge in [0.25, 0.3) is 0 Å². The molecule has 0 amide bonds. The van der Waals surface area contributed by atoms with Crippen molar-refractivity contribution in [3.8, 4) is 0 Å². The number of benzene rings is 4. The molecule has 1 unspecified atom stereocenters. The lowest BCUT2D eigenvalue weighted by Crippen LogP contribution is -2.27. The molecule has 0 aliphatic rings. The molecule has 0 heterocycles. The third-order valence-electron chi connectivity index (χ3n) is 5.26. The van der Waals surface area contributed by atoms with E-state index in [2.05, 4.69) is 138 Å². The molecule has 30 heavy (non-hydrogen) atoms. The second kappa shape index (κ2) is 10.4. The fourth-order valence-corrected chi connectivity index (χ4v) is 3.75. The second-order valence-corrected chi connectivity index (χ2v) is 7.50.